The molecular formula is C20H32FIN4O2. The Bertz CT molecular complexity index is 605. The standard InChI is InChI=1S/C20H31FN4O2.HI/c1-3-22-20(25-13-9-18(10-14-25)27-4-2)24-12-11-23-19(26)15-16-5-7-17(21)8-6-16;/h5-8,18H,3-4,9-15H2,1-2H3,(H,22,24)(H,23,26);1H. The summed E-state index contributed by atoms with van der Waals surface area (Å²) in [4.78, 5) is 18.8. The van der Waals surface area contributed by atoms with Crippen LogP contribution in [0.2, 0.25) is 0 Å². The number of amides is 1. The number of halogens is 2. The predicted molar refractivity (Wildman–Crippen MR) is 121 cm³/mol. The van der Waals surface area contributed by atoms with E-state index >= 15 is 0 Å². The van der Waals surface area contributed by atoms with E-state index in [1.165, 1.54) is 12.1 Å². The van der Waals surface area contributed by atoms with Gasteiger partial charge in [-0.2, -0.15) is 0 Å². The molecule has 0 unspecified atom stereocenters. The van der Waals surface area contributed by atoms with Gasteiger partial charge in [0.2, 0.25) is 5.91 Å². The molecule has 1 heterocycles. The molecule has 1 aromatic rings. The fourth-order valence-electron chi connectivity index (χ4n) is 3.10. The summed E-state index contributed by atoms with van der Waals surface area (Å²) >= 11 is 0. The summed E-state index contributed by atoms with van der Waals surface area (Å²) in [5, 5.41) is 6.18. The highest BCUT2D eigenvalue weighted by Crippen LogP contribution is 2.13. The zero-order chi connectivity index (χ0) is 19.5. The monoisotopic (exact) mass is 506 g/mol. The summed E-state index contributed by atoms with van der Waals surface area (Å²) in [5.41, 5.74) is 0.794. The summed E-state index contributed by atoms with van der Waals surface area (Å²) in [6.07, 6.45) is 2.61. The van der Waals surface area contributed by atoms with Crippen LogP contribution in [0.15, 0.2) is 29.3 Å². The Hall–Kier alpha value is -1.42. The smallest absolute Gasteiger partial charge is 0.224 e. The zero-order valence-electron chi connectivity index (χ0n) is 16.7. The zero-order valence-corrected chi connectivity index (χ0v) is 19.1. The van der Waals surface area contributed by atoms with Gasteiger partial charge < -0.3 is 20.3 Å². The molecule has 1 saturated heterocycles. The molecule has 0 aliphatic carbocycles. The molecule has 1 fully saturated rings. The van der Waals surface area contributed by atoms with Gasteiger partial charge >= 0.3 is 0 Å². The molecule has 8 heteroatoms. The second-order valence-corrected chi connectivity index (χ2v) is 6.53. The second-order valence-electron chi connectivity index (χ2n) is 6.53. The lowest BCUT2D eigenvalue weighted by atomic mass is 10.1. The minimum absolute atomic E-state index is 0. The molecule has 158 valence electrons. The maximum Gasteiger partial charge on any atom is 0.224 e. The molecule has 2 N–H and O–H groups in total. The second kappa shape index (κ2) is 13.7. The van der Waals surface area contributed by atoms with Crippen LogP contribution >= 0.6 is 24.0 Å². The third kappa shape index (κ3) is 8.72. The molecule has 1 amide bonds. The summed E-state index contributed by atoms with van der Waals surface area (Å²) in [6.45, 7) is 8.49. The van der Waals surface area contributed by atoms with Crippen molar-refractivity contribution < 1.29 is 13.9 Å². The topological polar surface area (TPSA) is 66.0 Å². The molecule has 0 bridgehead atoms. The van der Waals surface area contributed by atoms with Crippen molar-refractivity contribution in [2.24, 2.45) is 4.99 Å². The molecule has 0 aromatic heterocycles. The van der Waals surface area contributed by atoms with Gasteiger partial charge in [-0.05, 0) is 44.4 Å². The van der Waals surface area contributed by atoms with Crippen LogP contribution in [0.1, 0.15) is 32.3 Å². The van der Waals surface area contributed by atoms with Gasteiger partial charge in [0.25, 0.3) is 0 Å². The lowest BCUT2D eigenvalue weighted by molar-refractivity contribution is -0.120. The van der Waals surface area contributed by atoms with Crippen LogP contribution in [0, 0.1) is 5.82 Å². The van der Waals surface area contributed by atoms with E-state index < -0.39 is 0 Å². The van der Waals surface area contributed by atoms with Crippen LogP contribution in [0.3, 0.4) is 0 Å². The van der Waals surface area contributed by atoms with Crippen molar-refractivity contribution >= 4 is 35.8 Å². The number of carbonyl (C=O) groups is 1. The Labute approximate surface area is 184 Å². The van der Waals surface area contributed by atoms with Gasteiger partial charge in [-0.15, -0.1) is 24.0 Å². The van der Waals surface area contributed by atoms with Crippen LogP contribution in [-0.2, 0) is 16.0 Å². The number of piperidine rings is 1. The number of aliphatic imine (C=N–C) groups is 1. The van der Waals surface area contributed by atoms with E-state index in [9.17, 15) is 9.18 Å². The van der Waals surface area contributed by atoms with Crippen LogP contribution < -0.4 is 10.6 Å². The highest BCUT2D eigenvalue weighted by Gasteiger charge is 2.21. The number of ether oxygens (including phenoxy) is 1. The maximum absolute atomic E-state index is 12.9. The molecule has 0 spiro atoms. The van der Waals surface area contributed by atoms with E-state index in [2.05, 4.69) is 20.5 Å². The third-order valence-corrected chi connectivity index (χ3v) is 4.45. The van der Waals surface area contributed by atoms with Gasteiger partial charge in [-0.1, -0.05) is 12.1 Å². The van der Waals surface area contributed by atoms with Gasteiger partial charge in [0.15, 0.2) is 5.96 Å². The number of nitrogens with zero attached hydrogens (tertiary/aromatic N) is 2. The number of nitrogens with one attached hydrogen (secondary N) is 2. The molecule has 1 aliphatic heterocycles. The van der Waals surface area contributed by atoms with E-state index in [-0.39, 0.29) is 42.1 Å². The number of rotatable bonds is 8. The summed E-state index contributed by atoms with van der Waals surface area (Å²) in [7, 11) is 0. The van der Waals surface area contributed by atoms with Crippen molar-refractivity contribution in [3.8, 4) is 0 Å². The molecule has 2 rings (SSSR count). The third-order valence-electron chi connectivity index (χ3n) is 4.45. The maximum atomic E-state index is 12.9. The average molecular weight is 506 g/mol. The molecule has 1 aromatic carbocycles. The molecule has 0 saturated carbocycles. The van der Waals surface area contributed by atoms with Crippen molar-refractivity contribution in [1.82, 2.24) is 15.5 Å². The number of hydrogen-bond donors (Lipinski definition) is 2. The van der Waals surface area contributed by atoms with Crippen molar-refractivity contribution in [2.75, 3.05) is 39.3 Å². The predicted octanol–water partition coefficient (Wildman–Crippen LogP) is 2.57. The number of guanidine groups is 1. The number of hydrogen-bond acceptors (Lipinski definition) is 3. The Morgan fingerprint density at radius 1 is 1.21 bits per heavy atom. The Kier molecular flexibility index (Phi) is 12.1. The molecular weight excluding hydrogens is 474 g/mol. The van der Waals surface area contributed by atoms with E-state index in [4.69, 9.17) is 4.74 Å². The van der Waals surface area contributed by atoms with Gasteiger partial charge in [0.1, 0.15) is 5.82 Å². The average Bonchev–Trinajstić information content (AvgIpc) is 2.67. The van der Waals surface area contributed by atoms with E-state index in [0.717, 1.165) is 50.6 Å². The van der Waals surface area contributed by atoms with Gasteiger partial charge in [0, 0.05) is 32.8 Å². The van der Waals surface area contributed by atoms with Crippen molar-refractivity contribution in [3.63, 3.8) is 0 Å². The first-order valence-electron chi connectivity index (χ1n) is 9.78. The van der Waals surface area contributed by atoms with Crippen LogP contribution in [-0.4, -0.2) is 62.2 Å². The van der Waals surface area contributed by atoms with Gasteiger partial charge in [0.05, 0.1) is 19.1 Å². The van der Waals surface area contributed by atoms with Crippen molar-refractivity contribution in [2.45, 2.75) is 39.2 Å². The Morgan fingerprint density at radius 2 is 1.89 bits per heavy atom. The summed E-state index contributed by atoms with van der Waals surface area (Å²) in [5.74, 6) is 0.509. The Morgan fingerprint density at radius 3 is 2.50 bits per heavy atom. The van der Waals surface area contributed by atoms with Gasteiger partial charge in [-0.3, -0.25) is 9.79 Å². The number of likely N-dealkylation sites (tertiary alicyclic amines) is 1. The van der Waals surface area contributed by atoms with Crippen molar-refractivity contribution in [1.29, 1.82) is 0 Å². The first-order valence-corrected chi connectivity index (χ1v) is 9.78. The minimum Gasteiger partial charge on any atom is -0.378 e. The molecule has 28 heavy (non-hydrogen) atoms. The minimum atomic E-state index is -0.297. The normalized spacial score (nSPS) is 15.1. The Balaban J connectivity index is 0.00000392. The lowest BCUT2D eigenvalue weighted by Crippen LogP contribution is -2.47. The molecule has 1 aliphatic rings. The van der Waals surface area contributed by atoms with E-state index in [0.29, 0.717) is 19.2 Å². The van der Waals surface area contributed by atoms with E-state index in [1.807, 2.05) is 13.8 Å². The van der Waals surface area contributed by atoms with Crippen LogP contribution in [0.5, 0.6) is 0 Å². The summed E-state index contributed by atoms with van der Waals surface area (Å²) < 4.78 is 18.6. The van der Waals surface area contributed by atoms with Crippen LogP contribution in [0.4, 0.5) is 4.39 Å². The quantitative estimate of drug-likeness (QED) is 0.246. The van der Waals surface area contributed by atoms with Crippen LogP contribution in [0.25, 0.3) is 0 Å². The highest BCUT2D eigenvalue weighted by molar-refractivity contribution is 14.0. The first-order chi connectivity index (χ1) is 13.1. The number of benzene rings is 1. The fourth-order valence-corrected chi connectivity index (χ4v) is 3.10. The largest absolute Gasteiger partial charge is 0.378 e. The molecule has 0 atom stereocenters. The van der Waals surface area contributed by atoms with Gasteiger partial charge in [-0.25, -0.2) is 4.39 Å². The van der Waals surface area contributed by atoms with E-state index in [1.54, 1.807) is 12.1 Å². The fraction of sp³-hybridized carbons (Fsp3) is 0.600. The summed E-state index contributed by atoms with van der Waals surface area (Å²) in [6, 6.07) is 5.99. The SMILES string of the molecule is CCNC(=NCCNC(=O)Cc1ccc(F)cc1)N1CCC(OCC)CC1.I. The first kappa shape index (κ1) is 24.6. The number of carbonyl (C=O) groups excluding carboxylic acids is 1. The molecule has 0 radical (unpaired) electrons. The van der Waals surface area contributed by atoms with Crippen molar-refractivity contribution in [3.05, 3.63) is 35.6 Å². The lowest BCUT2D eigenvalue weighted by Gasteiger charge is -2.34. The highest BCUT2D eigenvalue weighted by atomic mass is 127. The molecule has 6 nitrogen and oxygen atoms in total.